The molecular formula is C34H43NO8. The molecule has 3 aromatic carbocycles. The molecule has 0 saturated heterocycles. The molecule has 4 rings (SSSR count). The van der Waals surface area contributed by atoms with Gasteiger partial charge in [-0.1, -0.05) is 45.9 Å². The molecule has 0 spiro atoms. The zero-order chi connectivity index (χ0) is 32.1. The lowest BCUT2D eigenvalue weighted by Gasteiger charge is -2.34. The molecule has 232 valence electrons. The number of carboxylic acid groups (broad SMARTS) is 1. The van der Waals surface area contributed by atoms with Crippen molar-refractivity contribution < 1.29 is 39.9 Å². The molecule has 0 bridgehead atoms. The van der Waals surface area contributed by atoms with E-state index in [-0.39, 0.29) is 62.2 Å². The van der Waals surface area contributed by atoms with Crippen molar-refractivity contribution in [2.24, 2.45) is 0 Å². The molecule has 1 aliphatic heterocycles. The van der Waals surface area contributed by atoms with E-state index in [0.29, 0.717) is 5.56 Å². The quantitative estimate of drug-likeness (QED) is 0.210. The van der Waals surface area contributed by atoms with Crippen LogP contribution in [0.2, 0.25) is 0 Å². The lowest BCUT2D eigenvalue weighted by atomic mass is 9.74. The summed E-state index contributed by atoms with van der Waals surface area (Å²) in [4.78, 5) is 24.7. The highest BCUT2D eigenvalue weighted by Crippen LogP contribution is 2.51. The number of benzene rings is 3. The number of ether oxygens (including phenoxy) is 1. The van der Waals surface area contributed by atoms with Crippen LogP contribution in [0.1, 0.15) is 88.8 Å². The topological polar surface area (TPSA) is 148 Å². The van der Waals surface area contributed by atoms with Gasteiger partial charge in [-0.2, -0.15) is 0 Å². The van der Waals surface area contributed by atoms with Gasteiger partial charge < -0.3 is 30.3 Å². The van der Waals surface area contributed by atoms with Crippen LogP contribution < -0.4 is 0 Å². The molecule has 1 heterocycles. The van der Waals surface area contributed by atoms with Gasteiger partial charge in [0.2, 0.25) is 0 Å². The van der Waals surface area contributed by atoms with Crippen LogP contribution in [0.3, 0.4) is 0 Å². The lowest BCUT2D eigenvalue weighted by molar-refractivity contribution is -0.138. The second kappa shape index (κ2) is 14.0. The van der Waals surface area contributed by atoms with Gasteiger partial charge in [0.1, 0.15) is 11.5 Å². The SMILES string of the molecule is Cc1cc(O)c(C(C)C)cc1C1(c2cc(C(C)C)c(O)cc2C)OC(=O)c2ccccc21.O=C(O)CN(CCO)CCO. The lowest BCUT2D eigenvalue weighted by Crippen LogP contribution is -2.34. The Kier molecular flexibility index (Phi) is 11.0. The van der Waals surface area contributed by atoms with E-state index in [1.165, 1.54) is 4.90 Å². The van der Waals surface area contributed by atoms with E-state index in [1.807, 2.05) is 71.9 Å². The predicted molar refractivity (Wildman–Crippen MR) is 164 cm³/mol. The van der Waals surface area contributed by atoms with Gasteiger partial charge in [0.15, 0.2) is 5.60 Å². The molecule has 1 aliphatic rings. The molecule has 0 unspecified atom stereocenters. The number of aliphatic hydroxyl groups is 2. The van der Waals surface area contributed by atoms with Gasteiger partial charge in [-0.15, -0.1) is 0 Å². The van der Waals surface area contributed by atoms with Crippen LogP contribution in [0, 0.1) is 13.8 Å². The summed E-state index contributed by atoms with van der Waals surface area (Å²) in [5.74, 6) is -0.681. The number of phenols is 2. The third kappa shape index (κ3) is 7.01. The Morgan fingerprint density at radius 1 is 0.814 bits per heavy atom. The third-order valence-corrected chi connectivity index (χ3v) is 7.71. The maximum absolute atomic E-state index is 13.1. The van der Waals surface area contributed by atoms with E-state index >= 15 is 0 Å². The number of aliphatic hydroxyl groups excluding tert-OH is 2. The van der Waals surface area contributed by atoms with Crippen LogP contribution in [0.4, 0.5) is 0 Å². The van der Waals surface area contributed by atoms with E-state index < -0.39 is 11.6 Å². The zero-order valence-corrected chi connectivity index (χ0v) is 25.7. The van der Waals surface area contributed by atoms with Gasteiger partial charge in [0.05, 0.1) is 25.3 Å². The van der Waals surface area contributed by atoms with E-state index in [0.717, 1.165) is 38.9 Å². The largest absolute Gasteiger partial charge is 0.508 e. The predicted octanol–water partition coefficient (Wildman–Crippen LogP) is 4.78. The molecule has 9 heteroatoms. The number of phenolic OH excluding ortho intramolecular Hbond substituents is 2. The van der Waals surface area contributed by atoms with E-state index in [4.69, 9.17) is 20.1 Å². The number of carbonyl (C=O) groups is 2. The first-order valence-electron chi connectivity index (χ1n) is 14.4. The summed E-state index contributed by atoms with van der Waals surface area (Å²) < 4.78 is 6.30. The highest BCUT2D eigenvalue weighted by atomic mass is 16.6. The second-order valence-electron chi connectivity index (χ2n) is 11.5. The number of carboxylic acids is 1. The Morgan fingerprint density at radius 2 is 1.28 bits per heavy atom. The molecular weight excluding hydrogens is 550 g/mol. The number of aryl methyl sites for hydroxylation is 2. The zero-order valence-electron chi connectivity index (χ0n) is 25.7. The Hall–Kier alpha value is -3.92. The van der Waals surface area contributed by atoms with Gasteiger partial charge in [-0.3, -0.25) is 9.69 Å². The summed E-state index contributed by atoms with van der Waals surface area (Å²) in [6, 6.07) is 14.9. The van der Waals surface area contributed by atoms with Crippen molar-refractivity contribution in [3.05, 3.63) is 93.0 Å². The van der Waals surface area contributed by atoms with Crippen molar-refractivity contribution in [3.8, 4) is 11.5 Å². The second-order valence-corrected chi connectivity index (χ2v) is 11.5. The molecule has 43 heavy (non-hydrogen) atoms. The Balaban J connectivity index is 0.000000393. The van der Waals surface area contributed by atoms with Crippen molar-refractivity contribution in [2.45, 2.75) is 59.0 Å². The molecule has 9 nitrogen and oxygen atoms in total. The van der Waals surface area contributed by atoms with Crippen molar-refractivity contribution in [3.63, 3.8) is 0 Å². The number of hydrogen-bond acceptors (Lipinski definition) is 8. The van der Waals surface area contributed by atoms with Gasteiger partial charge in [-0.25, -0.2) is 4.79 Å². The monoisotopic (exact) mass is 593 g/mol. The fraction of sp³-hybridized carbons (Fsp3) is 0.412. The van der Waals surface area contributed by atoms with Gasteiger partial charge >= 0.3 is 11.9 Å². The molecule has 0 saturated carbocycles. The number of carbonyl (C=O) groups excluding carboxylic acids is 1. The number of esters is 1. The van der Waals surface area contributed by atoms with Crippen molar-refractivity contribution in [1.29, 1.82) is 0 Å². The van der Waals surface area contributed by atoms with Gasteiger partial charge in [0, 0.05) is 29.8 Å². The molecule has 0 amide bonds. The van der Waals surface area contributed by atoms with Crippen LogP contribution >= 0.6 is 0 Å². The first kappa shape index (κ1) is 33.6. The van der Waals surface area contributed by atoms with Crippen molar-refractivity contribution >= 4 is 11.9 Å². The maximum Gasteiger partial charge on any atom is 0.340 e. The van der Waals surface area contributed by atoms with E-state index in [1.54, 1.807) is 18.2 Å². The summed E-state index contributed by atoms with van der Waals surface area (Å²) in [6.45, 7) is 12.2. The minimum absolute atomic E-state index is 0.0888. The van der Waals surface area contributed by atoms with E-state index in [2.05, 4.69) is 0 Å². The molecule has 3 aromatic rings. The number of hydrogen-bond donors (Lipinski definition) is 5. The van der Waals surface area contributed by atoms with Crippen LogP contribution in [-0.2, 0) is 15.1 Å². The minimum atomic E-state index is -1.17. The highest BCUT2D eigenvalue weighted by molar-refractivity contribution is 5.96. The van der Waals surface area contributed by atoms with Crippen molar-refractivity contribution in [2.75, 3.05) is 32.8 Å². The number of cyclic esters (lactones) is 1. The molecule has 0 fully saturated rings. The number of aromatic hydroxyl groups is 2. The maximum atomic E-state index is 13.1. The number of nitrogens with zero attached hydrogens (tertiary/aromatic N) is 1. The summed E-state index contributed by atoms with van der Waals surface area (Å²) in [5, 5.41) is 46.4. The summed E-state index contributed by atoms with van der Waals surface area (Å²) >= 11 is 0. The fourth-order valence-corrected chi connectivity index (χ4v) is 5.61. The smallest absolute Gasteiger partial charge is 0.340 e. The highest BCUT2D eigenvalue weighted by Gasteiger charge is 2.50. The number of fused-ring (bicyclic) bond motifs is 1. The molecule has 5 N–H and O–H groups in total. The molecule has 0 radical (unpaired) electrons. The molecule has 0 aromatic heterocycles. The van der Waals surface area contributed by atoms with E-state index in [9.17, 15) is 19.8 Å². The van der Waals surface area contributed by atoms with Crippen LogP contribution in [0.15, 0.2) is 48.5 Å². The Bertz CT molecular complexity index is 1390. The minimum Gasteiger partial charge on any atom is -0.508 e. The third-order valence-electron chi connectivity index (χ3n) is 7.71. The van der Waals surface area contributed by atoms with Crippen LogP contribution in [0.25, 0.3) is 0 Å². The summed E-state index contributed by atoms with van der Waals surface area (Å²) in [7, 11) is 0. The average Bonchev–Trinajstić information content (AvgIpc) is 3.21. The van der Waals surface area contributed by atoms with Crippen molar-refractivity contribution in [1.82, 2.24) is 4.90 Å². The molecule has 0 aliphatic carbocycles. The normalized spacial score (nSPS) is 13.6. The Morgan fingerprint density at radius 3 is 1.70 bits per heavy atom. The number of rotatable bonds is 10. The summed E-state index contributed by atoms with van der Waals surface area (Å²) in [5.41, 5.74) is 5.03. The molecule has 0 atom stereocenters. The van der Waals surface area contributed by atoms with Crippen LogP contribution in [-0.4, -0.2) is 75.2 Å². The number of aliphatic carboxylic acids is 1. The summed E-state index contributed by atoms with van der Waals surface area (Å²) in [6.07, 6.45) is 0. The first-order valence-corrected chi connectivity index (χ1v) is 14.4. The Labute approximate surface area is 253 Å². The van der Waals surface area contributed by atoms with Gasteiger partial charge in [-0.05, 0) is 78.3 Å². The average molecular weight is 594 g/mol. The van der Waals surface area contributed by atoms with Crippen LogP contribution in [0.5, 0.6) is 11.5 Å². The van der Waals surface area contributed by atoms with Gasteiger partial charge in [0.25, 0.3) is 0 Å². The standard InChI is InChI=1S/C28H30O4.C6H13NO4/c1-15(2)20-13-23(17(5)11-25(20)29)28(22-10-8-7-9-19(22)27(31)32-28)24-14-21(16(3)4)26(30)12-18(24)6;8-3-1-7(2-4-9)5-6(10)11/h7-16,29-30H,1-6H3;8-9H,1-5H2,(H,10,11). The first-order chi connectivity index (χ1) is 20.3. The fourth-order valence-electron chi connectivity index (χ4n) is 5.61.